The third-order valence-corrected chi connectivity index (χ3v) is 6.22. The number of carbonyl (C=O) groups is 2. The molecule has 134 valence electrons. The highest BCUT2D eigenvalue weighted by atomic mass is 32.1. The SMILES string of the molecule is NC(=O)c1c(NC(=O)Cn2c(-c3cccs3)noc2=O)sc2c1CCC2. The minimum Gasteiger partial charge on any atom is -0.365 e. The van der Waals surface area contributed by atoms with E-state index in [1.807, 2.05) is 11.4 Å². The molecule has 3 N–H and O–H groups in total. The Bertz CT molecular complexity index is 1050. The zero-order chi connectivity index (χ0) is 18.3. The average molecular weight is 390 g/mol. The summed E-state index contributed by atoms with van der Waals surface area (Å²) in [6.07, 6.45) is 2.65. The molecule has 8 nitrogen and oxygen atoms in total. The summed E-state index contributed by atoms with van der Waals surface area (Å²) in [5.74, 6) is -1.42. The van der Waals surface area contributed by atoms with Crippen molar-refractivity contribution in [3.05, 3.63) is 44.1 Å². The molecule has 3 aromatic rings. The fourth-order valence-corrected chi connectivity index (χ4v) is 5.08. The van der Waals surface area contributed by atoms with Gasteiger partial charge in [-0.25, -0.2) is 9.36 Å². The summed E-state index contributed by atoms with van der Waals surface area (Å²) in [4.78, 5) is 38.0. The van der Waals surface area contributed by atoms with Crippen LogP contribution in [0.5, 0.6) is 0 Å². The number of nitrogens with one attached hydrogen (secondary N) is 1. The van der Waals surface area contributed by atoms with Crippen molar-refractivity contribution in [1.82, 2.24) is 9.72 Å². The number of aryl methyl sites for hydroxylation is 1. The van der Waals surface area contributed by atoms with Crippen LogP contribution in [0.2, 0.25) is 0 Å². The summed E-state index contributed by atoms with van der Waals surface area (Å²) >= 11 is 2.75. The lowest BCUT2D eigenvalue weighted by Gasteiger charge is -2.07. The van der Waals surface area contributed by atoms with Crippen LogP contribution in [0.1, 0.15) is 27.2 Å². The van der Waals surface area contributed by atoms with Gasteiger partial charge >= 0.3 is 5.76 Å². The van der Waals surface area contributed by atoms with Crippen LogP contribution >= 0.6 is 22.7 Å². The topological polar surface area (TPSA) is 120 Å². The normalized spacial score (nSPS) is 12.9. The van der Waals surface area contributed by atoms with Gasteiger partial charge in [-0.2, -0.15) is 0 Å². The maximum absolute atomic E-state index is 12.5. The maximum Gasteiger partial charge on any atom is 0.442 e. The first-order valence-corrected chi connectivity index (χ1v) is 9.59. The quantitative estimate of drug-likeness (QED) is 0.689. The van der Waals surface area contributed by atoms with Gasteiger partial charge in [0, 0.05) is 4.88 Å². The van der Waals surface area contributed by atoms with Crippen molar-refractivity contribution in [2.45, 2.75) is 25.8 Å². The Morgan fingerprint density at radius 1 is 1.38 bits per heavy atom. The second kappa shape index (κ2) is 6.54. The van der Waals surface area contributed by atoms with Crippen LogP contribution in [0.15, 0.2) is 26.8 Å². The fourth-order valence-electron chi connectivity index (χ4n) is 3.05. The Kier molecular flexibility index (Phi) is 4.21. The van der Waals surface area contributed by atoms with Crippen LogP contribution < -0.4 is 16.8 Å². The second-order valence-electron chi connectivity index (χ2n) is 5.81. The van der Waals surface area contributed by atoms with Gasteiger partial charge < -0.3 is 11.1 Å². The van der Waals surface area contributed by atoms with Crippen LogP contribution in [0.4, 0.5) is 5.00 Å². The predicted octanol–water partition coefficient (Wildman–Crippen LogP) is 1.85. The van der Waals surface area contributed by atoms with Gasteiger partial charge in [0.25, 0.3) is 5.91 Å². The molecule has 4 rings (SSSR count). The number of thiophene rings is 2. The highest BCUT2D eigenvalue weighted by Gasteiger charge is 2.26. The number of nitrogens with zero attached hydrogens (tertiary/aromatic N) is 2. The molecule has 1 aliphatic rings. The van der Waals surface area contributed by atoms with Gasteiger partial charge in [0.15, 0.2) is 5.82 Å². The van der Waals surface area contributed by atoms with E-state index in [0.717, 1.165) is 39.1 Å². The molecule has 0 aliphatic heterocycles. The molecule has 0 aromatic carbocycles. The van der Waals surface area contributed by atoms with Crippen LogP contribution in [0.3, 0.4) is 0 Å². The Morgan fingerprint density at radius 2 is 2.23 bits per heavy atom. The number of hydrogen-bond acceptors (Lipinski definition) is 7. The smallest absolute Gasteiger partial charge is 0.365 e. The van der Waals surface area contributed by atoms with Crippen LogP contribution in [-0.4, -0.2) is 21.5 Å². The third-order valence-electron chi connectivity index (χ3n) is 4.15. The summed E-state index contributed by atoms with van der Waals surface area (Å²) in [6.45, 7) is -0.268. The first-order valence-electron chi connectivity index (χ1n) is 7.89. The molecule has 0 fully saturated rings. The largest absolute Gasteiger partial charge is 0.442 e. The molecule has 0 saturated carbocycles. The monoisotopic (exact) mass is 390 g/mol. The van der Waals surface area contributed by atoms with Gasteiger partial charge in [0.1, 0.15) is 11.5 Å². The molecule has 0 unspecified atom stereocenters. The van der Waals surface area contributed by atoms with Gasteiger partial charge in [0.2, 0.25) is 5.91 Å². The second-order valence-corrected chi connectivity index (χ2v) is 7.86. The lowest BCUT2D eigenvalue weighted by atomic mass is 10.1. The number of rotatable bonds is 5. The molecule has 10 heteroatoms. The number of carbonyl (C=O) groups excluding carboxylic acids is 2. The standard InChI is InChI=1S/C16H14N4O4S2/c17-13(22)12-8-3-1-4-9(8)26-15(12)18-11(21)7-20-14(19-24-16(20)23)10-5-2-6-25-10/h2,5-6H,1,3-4,7H2,(H2,17,22)(H,18,21). The van der Waals surface area contributed by atoms with E-state index >= 15 is 0 Å². The van der Waals surface area contributed by atoms with Gasteiger partial charge in [0.05, 0.1) is 10.4 Å². The van der Waals surface area contributed by atoms with E-state index in [1.165, 1.54) is 22.7 Å². The van der Waals surface area contributed by atoms with E-state index in [9.17, 15) is 14.4 Å². The summed E-state index contributed by atoms with van der Waals surface area (Å²) in [5, 5.41) is 8.73. The molecule has 3 heterocycles. The number of aromatic nitrogens is 2. The molecule has 0 bridgehead atoms. The van der Waals surface area contributed by atoms with Crippen LogP contribution in [0, 0.1) is 0 Å². The molecular formula is C16H14N4O4S2. The van der Waals surface area contributed by atoms with E-state index in [-0.39, 0.29) is 6.54 Å². The summed E-state index contributed by atoms with van der Waals surface area (Å²) < 4.78 is 5.85. The van der Waals surface area contributed by atoms with E-state index < -0.39 is 17.6 Å². The van der Waals surface area contributed by atoms with Gasteiger partial charge in [-0.05, 0) is 36.3 Å². The summed E-state index contributed by atoms with van der Waals surface area (Å²) in [5.41, 5.74) is 6.81. The minimum atomic E-state index is -0.715. The van der Waals surface area contributed by atoms with E-state index in [0.29, 0.717) is 16.4 Å². The van der Waals surface area contributed by atoms with E-state index in [2.05, 4.69) is 10.5 Å². The van der Waals surface area contributed by atoms with Crippen molar-refractivity contribution in [3.63, 3.8) is 0 Å². The Hall–Kier alpha value is -2.72. The van der Waals surface area contributed by atoms with Crippen molar-refractivity contribution in [2.75, 3.05) is 5.32 Å². The van der Waals surface area contributed by atoms with Crippen molar-refractivity contribution < 1.29 is 14.1 Å². The molecule has 1 aliphatic carbocycles. The fraction of sp³-hybridized carbons (Fsp3) is 0.250. The molecule has 0 saturated heterocycles. The average Bonchev–Trinajstić information content (AvgIpc) is 3.32. The molecule has 2 amide bonds. The zero-order valence-corrected chi connectivity index (χ0v) is 15.1. The summed E-state index contributed by atoms with van der Waals surface area (Å²) in [6, 6.07) is 3.60. The molecule has 3 aromatic heterocycles. The minimum absolute atomic E-state index is 0.268. The molecule has 0 radical (unpaired) electrons. The van der Waals surface area contributed by atoms with Gasteiger partial charge in [-0.15, -0.1) is 22.7 Å². The first kappa shape index (κ1) is 16.7. The number of primary amides is 1. The van der Waals surface area contributed by atoms with Crippen LogP contribution in [-0.2, 0) is 24.2 Å². The number of fused-ring (bicyclic) bond motifs is 1. The number of anilines is 1. The molecular weight excluding hydrogens is 376 g/mol. The van der Waals surface area contributed by atoms with Crippen LogP contribution in [0.25, 0.3) is 10.7 Å². The first-order chi connectivity index (χ1) is 12.5. The van der Waals surface area contributed by atoms with E-state index in [4.69, 9.17) is 10.3 Å². The summed E-state index contributed by atoms with van der Waals surface area (Å²) in [7, 11) is 0. The Labute approximate surface area is 155 Å². The number of nitrogens with two attached hydrogens (primary N) is 1. The van der Waals surface area contributed by atoms with Gasteiger partial charge in [-0.1, -0.05) is 11.2 Å². The van der Waals surface area contributed by atoms with Crippen molar-refractivity contribution in [2.24, 2.45) is 5.73 Å². The lowest BCUT2D eigenvalue weighted by molar-refractivity contribution is -0.116. The predicted molar refractivity (Wildman–Crippen MR) is 97.6 cm³/mol. The Morgan fingerprint density at radius 3 is 2.96 bits per heavy atom. The highest BCUT2D eigenvalue weighted by Crippen LogP contribution is 2.38. The number of hydrogen-bond donors (Lipinski definition) is 2. The molecule has 0 spiro atoms. The third kappa shape index (κ3) is 2.86. The van der Waals surface area contributed by atoms with Crippen molar-refractivity contribution in [3.8, 4) is 10.7 Å². The van der Waals surface area contributed by atoms with Crippen molar-refractivity contribution in [1.29, 1.82) is 0 Å². The van der Waals surface area contributed by atoms with Crippen molar-refractivity contribution >= 4 is 39.5 Å². The number of amides is 2. The molecule has 0 atom stereocenters. The Balaban J connectivity index is 1.59. The van der Waals surface area contributed by atoms with Gasteiger partial charge in [-0.3, -0.25) is 14.1 Å². The van der Waals surface area contributed by atoms with E-state index in [1.54, 1.807) is 6.07 Å². The zero-order valence-electron chi connectivity index (χ0n) is 13.5. The molecule has 26 heavy (non-hydrogen) atoms. The highest BCUT2D eigenvalue weighted by molar-refractivity contribution is 7.17. The maximum atomic E-state index is 12.5. The lowest BCUT2D eigenvalue weighted by Crippen LogP contribution is -2.26.